The number of pyridine rings is 1. The van der Waals surface area contributed by atoms with E-state index in [9.17, 15) is 24.8 Å². The average molecular weight is 365 g/mol. The number of rotatable bonds is 6. The normalized spacial score (nSPS) is 11.7. The molecule has 0 aliphatic carbocycles. The number of carboxylic acids is 1. The van der Waals surface area contributed by atoms with Crippen LogP contribution in [0.3, 0.4) is 0 Å². The fourth-order valence-electron chi connectivity index (χ4n) is 2.63. The quantitative estimate of drug-likeness (QED) is 0.511. The number of nitro groups is 1. The van der Waals surface area contributed by atoms with Crippen LogP contribution in [0.5, 0.6) is 0 Å². The molecule has 0 spiro atoms. The van der Waals surface area contributed by atoms with E-state index in [1.165, 1.54) is 18.2 Å². The number of hydrogen-bond acceptors (Lipinski definition) is 5. The smallest absolute Gasteiger partial charge is 0.326 e. The van der Waals surface area contributed by atoms with E-state index in [1.807, 2.05) is 30.3 Å². The van der Waals surface area contributed by atoms with E-state index in [4.69, 9.17) is 0 Å². The summed E-state index contributed by atoms with van der Waals surface area (Å²) in [5.74, 6) is -1.92. The molecule has 0 saturated heterocycles. The monoisotopic (exact) mass is 365 g/mol. The highest BCUT2D eigenvalue weighted by atomic mass is 16.6. The van der Waals surface area contributed by atoms with Gasteiger partial charge in [-0.25, -0.2) is 4.79 Å². The zero-order valence-electron chi connectivity index (χ0n) is 14.0. The number of amides is 1. The lowest BCUT2D eigenvalue weighted by Crippen LogP contribution is -2.42. The first kappa shape index (κ1) is 18.0. The topological polar surface area (TPSA) is 122 Å². The summed E-state index contributed by atoms with van der Waals surface area (Å²) < 4.78 is 0. The van der Waals surface area contributed by atoms with Crippen molar-refractivity contribution in [3.8, 4) is 0 Å². The first-order valence-electron chi connectivity index (χ1n) is 8.07. The number of nitrogens with one attached hydrogen (secondary N) is 1. The molecule has 1 atom stereocenters. The Morgan fingerprint density at radius 1 is 1.11 bits per heavy atom. The van der Waals surface area contributed by atoms with Crippen LogP contribution in [0.1, 0.15) is 16.1 Å². The molecule has 27 heavy (non-hydrogen) atoms. The van der Waals surface area contributed by atoms with Crippen molar-refractivity contribution >= 4 is 28.5 Å². The van der Waals surface area contributed by atoms with Crippen molar-refractivity contribution in [2.45, 2.75) is 12.5 Å². The molecule has 0 bridgehead atoms. The number of non-ortho nitro benzene ring substituents is 1. The molecule has 3 aromatic rings. The molecular formula is C19H15N3O5. The summed E-state index contributed by atoms with van der Waals surface area (Å²) in [4.78, 5) is 38.5. The average Bonchev–Trinajstić information content (AvgIpc) is 2.67. The number of aliphatic carboxylic acids is 1. The Bertz CT molecular complexity index is 1030. The van der Waals surface area contributed by atoms with E-state index in [1.54, 1.807) is 6.07 Å². The molecule has 0 unspecified atom stereocenters. The maximum atomic E-state index is 12.3. The van der Waals surface area contributed by atoms with Gasteiger partial charge in [0.2, 0.25) is 0 Å². The zero-order chi connectivity index (χ0) is 19.4. The van der Waals surface area contributed by atoms with Gasteiger partial charge in [0.25, 0.3) is 11.6 Å². The van der Waals surface area contributed by atoms with Crippen molar-refractivity contribution in [2.24, 2.45) is 0 Å². The third-order valence-electron chi connectivity index (χ3n) is 3.99. The summed E-state index contributed by atoms with van der Waals surface area (Å²) in [7, 11) is 0. The van der Waals surface area contributed by atoms with Gasteiger partial charge in [-0.1, -0.05) is 30.3 Å². The van der Waals surface area contributed by atoms with Crippen LogP contribution in [-0.2, 0) is 11.2 Å². The predicted octanol–water partition coefficient (Wildman–Crippen LogP) is 2.57. The molecule has 0 aliphatic rings. The third kappa shape index (κ3) is 4.24. The largest absolute Gasteiger partial charge is 0.480 e. The van der Waals surface area contributed by atoms with Crippen LogP contribution < -0.4 is 5.32 Å². The van der Waals surface area contributed by atoms with Crippen molar-refractivity contribution in [2.75, 3.05) is 0 Å². The van der Waals surface area contributed by atoms with Gasteiger partial charge in [0.15, 0.2) is 0 Å². The van der Waals surface area contributed by atoms with Crippen molar-refractivity contribution in [1.82, 2.24) is 10.3 Å². The third-order valence-corrected chi connectivity index (χ3v) is 3.99. The molecule has 1 heterocycles. The Hall–Kier alpha value is -3.81. The molecule has 2 aromatic carbocycles. The fourth-order valence-corrected chi connectivity index (χ4v) is 2.63. The summed E-state index contributed by atoms with van der Waals surface area (Å²) in [6.45, 7) is 0. The highest BCUT2D eigenvalue weighted by Crippen LogP contribution is 2.15. The lowest BCUT2D eigenvalue weighted by molar-refractivity contribution is -0.384. The van der Waals surface area contributed by atoms with Gasteiger partial charge in [0, 0.05) is 35.2 Å². The van der Waals surface area contributed by atoms with Gasteiger partial charge < -0.3 is 10.4 Å². The SMILES string of the molecule is O=C(N[C@H](Cc1ccc2ccccc2n1)C(=O)O)c1cccc([N+](=O)[O-])c1. The predicted molar refractivity (Wildman–Crippen MR) is 97.4 cm³/mol. The van der Waals surface area contributed by atoms with Gasteiger partial charge in [-0.3, -0.25) is 19.9 Å². The zero-order valence-corrected chi connectivity index (χ0v) is 14.0. The molecule has 3 rings (SSSR count). The van der Waals surface area contributed by atoms with E-state index in [0.29, 0.717) is 5.69 Å². The van der Waals surface area contributed by atoms with Crippen LogP contribution in [0.4, 0.5) is 5.69 Å². The molecule has 8 nitrogen and oxygen atoms in total. The lowest BCUT2D eigenvalue weighted by atomic mass is 10.1. The van der Waals surface area contributed by atoms with Gasteiger partial charge in [-0.15, -0.1) is 0 Å². The van der Waals surface area contributed by atoms with Gasteiger partial charge in [-0.05, 0) is 18.2 Å². The number of carbonyl (C=O) groups excluding carboxylic acids is 1. The van der Waals surface area contributed by atoms with Crippen LogP contribution in [0.15, 0.2) is 60.7 Å². The minimum absolute atomic E-state index is 0.0131. The number of para-hydroxylation sites is 1. The maximum absolute atomic E-state index is 12.3. The highest BCUT2D eigenvalue weighted by Gasteiger charge is 2.22. The van der Waals surface area contributed by atoms with Gasteiger partial charge in [0.1, 0.15) is 6.04 Å². The highest BCUT2D eigenvalue weighted by molar-refractivity contribution is 5.97. The number of nitrogens with zero attached hydrogens (tertiary/aromatic N) is 2. The van der Waals surface area contributed by atoms with Crippen LogP contribution >= 0.6 is 0 Å². The van der Waals surface area contributed by atoms with Crippen molar-refractivity contribution in [1.29, 1.82) is 0 Å². The molecule has 1 amide bonds. The van der Waals surface area contributed by atoms with Crippen LogP contribution in [0, 0.1) is 10.1 Å². The summed E-state index contributed by atoms with van der Waals surface area (Å²) in [5, 5.41) is 23.6. The number of carboxylic acid groups (broad SMARTS) is 1. The molecule has 8 heteroatoms. The summed E-state index contributed by atoms with van der Waals surface area (Å²) in [6.07, 6.45) is -0.0131. The first-order chi connectivity index (χ1) is 12.9. The first-order valence-corrected chi connectivity index (χ1v) is 8.07. The number of aromatic nitrogens is 1. The van der Waals surface area contributed by atoms with E-state index >= 15 is 0 Å². The number of fused-ring (bicyclic) bond motifs is 1. The second-order valence-electron chi connectivity index (χ2n) is 5.87. The Labute approximate surface area is 153 Å². The van der Waals surface area contributed by atoms with Crippen molar-refractivity contribution in [3.05, 3.63) is 82.0 Å². The Balaban J connectivity index is 1.79. The molecule has 2 N–H and O–H groups in total. The van der Waals surface area contributed by atoms with E-state index in [-0.39, 0.29) is 17.7 Å². The molecule has 0 fully saturated rings. The van der Waals surface area contributed by atoms with Crippen molar-refractivity contribution < 1.29 is 19.6 Å². The minimum Gasteiger partial charge on any atom is -0.480 e. The second kappa shape index (κ2) is 7.61. The van der Waals surface area contributed by atoms with E-state index < -0.39 is 22.8 Å². The molecular weight excluding hydrogens is 350 g/mol. The van der Waals surface area contributed by atoms with Gasteiger partial charge in [0.05, 0.1) is 10.4 Å². The number of carbonyl (C=O) groups is 2. The number of hydrogen-bond donors (Lipinski definition) is 2. The second-order valence-corrected chi connectivity index (χ2v) is 5.87. The molecule has 1 aromatic heterocycles. The van der Waals surface area contributed by atoms with Gasteiger partial charge in [-0.2, -0.15) is 0 Å². The molecule has 0 radical (unpaired) electrons. The number of benzene rings is 2. The van der Waals surface area contributed by atoms with Crippen LogP contribution in [0.25, 0.3) is 10.9 Å². The van der Waals surface area contributed by atoms with Crippen LogP contribution in [0.2, 0.25) is 0 Å². The summed E-state index contributed by atoms with van der Waals surface area (Å²) >= 11 is 0. The van der Waals surface area contributed by atoms with Crippen molar-refractivity contribution in [3.63, 3.8) is 0 Å². The van der Waals surface area contributed by atoms with E-state index in [2.05, 4.69) is 10.3 Å². The lowest BCUT2D eigenvalue weighted by Gasteiger charge is -2.14. The van der Waals surface area contributed by atoms with Gasteiger partial charge >= 0.3 is 5.97 Å². The standard InChI is InChI=1S/C19H15N3O5/c23-18(13-5-3-6-15(10-13)22(26)27)21-17(19(24)25)11-14-9-8-12-4-1-2-7-16(12)20-14/h1-10,17H,11H2,(H,21,23)(H,24,25)/t17-/m1/s1. The Morgan fingerprint density at radius 3 is 2.63 bits per heavy atom. The molecule has 136 valence electrons. The Morgan fingerprint density at radius 2 is 1.89 bits per heavy atom. The fraction of sp³-hybridized carbons (Fsp3) is 0.105. The van der Waals surface area contributed by atoms with E-state index in [0.717, 1.165) is 17.0 Å². The Kier molecular flexibility index (Phi) is 5.07. The summed E-state index contributed by atoms with van der Waals surface area (Å²) in [6, 6.07) is 14.8. The minimum atomic E-state index is -1.22. The number of nitro benzene ring substituents is 1. The summed E-state index contributed by atoms with van der Waals surface area (Å²) in [5.41, 5.74) is 1.01. The molecule has 0 aliphatic heterocycles. The van der Waals surface area contributed by atoms with Crippen LogP contribution in [-0.4, -0.2) is 32.9 Å². The maximum Gasteiger partial charge on any atom is 0.326 e. The molecule has 0 saturated carbocycles.